The second-order valence-electron chi connectivity index (χ2n) is 3.48. The summed E-state index contributed by atoms with van der Waals surface area (Å²) in [7, 11) is 0. The van der Waals surface area contributed by atoms with Crippen molar-refractivity contribution in [2.45, 2.75) is 45.1 Å². The number of carbonyl (C=O) groups is 1. The highest BCUT2D eigenvalue weighted by Gasteiger charge is 2.37. The van der Waals surface area contributed by atoms with E-state index in [4.69, 9.17) is 0 Å². The van der Waals surface area contributed by atoms with Crippen LogP contribution < -0.4 is 10.9 Å². The van der Waals surface area contributed by atoms with Crippen LogP contribution in [0.3, 0.4) is 0 Å². The Bertz CT molecular complexity index is 152. The lowest BCUT2D eigenvalue weighted by molar-refractivity contribution is -0.122. The number of hydrazine groups is 1. The van der Waals surface area contributed by atoms with Crippen molar-refractivity contribution in [3.63, 3.8) is 0 Å². The molecule has 2 N–H and O–H groups in total. The van der Waals surface area contributed by atoms with Gasteiger partial charge in [-0.25, -0.2) is 5.43 Å². The molecule has 1 aliphatic carbocycles. The Morgan fingerprint density at radius 3 is 2.64 bits per heavy atom. The topological polar surface area (TPSA) is 41.1 Å². The molecule has 0 radical (unpaired) electrons. The standard InChI is InChI=1S/C8H16N2O/c1-3-4-7(11)9-10-8(2)5-6-8/h10H,3-6H2,1-2H3,(H,9,11). The molecule has 0 aliphatic heterocycles. The third-order valence-electron chi connectivity index (χ3n) is 1.98. The first-order chi connectivity index (χ1) is 5.16. The molecular weight excluding hydrogens is 140 g/mol. The molecule has 3 nitrogen and oxygen atoms in total. The number of amides is 1. The summed E-state index contributed by atoms with van der Waals surface area (Å²) in [4.78, 5) is 10.9. The molecule has 0 spiro atoms. The lowest BCUT2D eigenvalue weighted by atomic mass is 10.3. The van der Waals surface area contributed by atoms with Crippen LogP contribution in [0.4, 0.5) is 0 Å². The van der Waals surface area contributed by atoms with Crippen molar-refractivity contribution < 1.29 is 4.79 Å². The number of hydrogen-bond donors (Lipinski definition) is 2. The monoisotopic (exact) mass is 156 g/mol. The molecule has 1 aliphatic rings. The van der Waals surface area contributed by atoms with Crippen LogP contribution in [0.15, 0.2) is 0 Å². The van der Waals surface area contributed by atoms with E-state index in [1.807, 2.05) is 6.92 Å². The van der Waals surface area contributed by atoms with Crippen LogP contribution in [-0.2, 0) is 4.79 Å². The molecule has 0 atom stereocenters. The summed E-state index contributed by atoms with van der Waals surface area (Å²) in [6.45, 7) is 4.11. The molecular formula is C8H16N2O. The summed E-state index contributed by atoms with van der Waals surface area (Å²) < 4.78 is 0. The second kappa shape index (κ2) is 3.22. The van der Waals surface area contributed by atoms with Crippen molar-refractivity contribution in [3.05, 3.63) is 0 Å². The van der Waals surface area contributed by atoms with Gasteiger partial charge in [0.25, 0.3) is 0 Å². The van der Waals surface area contributed by atoms with E-state index in [9.17, 15) is 4.79 Å². The van der Waals surface area contributed by atoms with E-state index in [2.05, 4.69) is 17.8 Å². The Balaban J connectivity index is 2.06. The van der Waals surface area contributed by atoms with Gasteiger partial charge < -0.3 is 0 Å². The van der Waals surface area contributed by atoms with Gasteiger partial charge in [0.1, 0.15) is 0 Å². The van der Waals surface area contributed by atoms with E-state index < -0.39 is 0 Å². The van der Waals surface area contributed by atoms with Crippen molar-refractivity contribution >= 4 is 5.91 Å². The van der Waals surface area contributed by atoms with Crippen LogP contribution >= 0.6 is 0 Å². The smallest absolute Gasteiger partial charge is 0.234 e. The predicted octanol–water partition coefficient (Wildman–Crippen LogP) is 0.960. The zero-order valence-electron chi connectivity index (χ0n) is 7.24. The maximum atomic E-state index is 10.9. The Kier molecular flexibility index (Phi) is 2.49. The summed E-state index contributed by atoms with van der Waals surface area (Å²) in [5.74, 6) is 0.0978. The summed E-state index contributed by atoms with van der Waals surface area (Å²) in [6, 6.07) is 0. The van der Waals surface area contributed by atoms with Crippen LogP contribution in [0.1, 0.15) is 39.5 Å². The van der Waals surface area contributed by atoms with E-state index in [1.54, 1.807) is 0 Å². The fourth-order valence-electron chi connectivity index (χ4n) is 0.823. The predicted molar refractivity (Wildman–Crippen MR) is 43.8 cm³/mol. The van der Waals surface area contributed by atoms with Crippen LogP contribution in [0.25, 0.3) is 0 Å². The van der Waals surface area contributed by atoms with Gasteiger partial charge in [-0.15, -0.1) is 0 Å². The van der Waals surface area contributed by atoms with E-state index in [0.29, 0.717) is 6.42 Å². The highest BCUT2D eigenvalue weighted by molar-refractivity contribution is 5.75. The minimum absolute atomic E-state index is 0.0978. The van der Waals surface area contributed by atoms with Crippen LogP contribution in [-0.4, -0.2) is 11.4 Å². The molecule has 3 heteroatoms. The minimum atomic E-state index is 0.0978. The molecule has 0 aromatic heterocycles. The Labute approximate surface area is 67.5 Å². The van der Waals surface area contributed by atoms with Gasteiger partial charge in [0.15, 0.2) is 0 Å². The quantitative estimate of drug-likeness (QED) is 0.595. The third-order valence-corrected chi connectivity index (χ3v) is 1.98. The van der Waals surface area contributed by atoms with Gasteiger partial charge in [-0.2, -0.15) is 0 Å². The van der Waals surface area contributed by atoms with E-state index in [1.165, 1.54) is 12.8 Å². The molecule has 64 valence electrons. The van der Waals surface area contributed by atoms with Gasteiger partial charge in [-0.05, 0) is 26.2 Å². The molecule has 0 bridgehead atoms. The van der Waals surface area contributed by atoms with Gasteiger partial charge in [0.2, 0.25) is 5.91 Å². The van der Waals surface area contributed by atoms with Crippen LogP contribution in [0.5, 0.6) is 0 Å². The van der Waals surface area contributed by atoms with Crippen molar-refractivity contribution in [2.24, 2.45) is 0 Å². The van der Waals surface area contributed by atoms with E-state index >= 15 is 0 Å². The molecule has 1 amide bonds. The van der Waals surface area contributed by atoms with Gasteiger partial charge in [0, 0.05) is 12.0 Å². The van der Waals surface area contributed by atoms with Crippen molar-refractivity contribution in [2.75, 3.05) is 0 Å². The Hall–Kier alpha value is -0.570. The summed E-state index contributed by atoms with van der Waals surface area (Å²) in [6.07, 6.45) is 3.85. The van der Waals surface area contributed by atoms with Crippen LogP contribution in [0.2, 0.25) is 0 Å². The first-order valence-electron chi connectivity index (χ1n) is 4.22. The van der Waals surface area contributed by atoms with E-state index in [0.717, 1.165) is 6.42 Å². The van der Waals surface area contributed by atoms with Gasteiger partial charge in [0.05, 0.1) is 0 Å². The van der Waals surface area contributed by atoms with Crippen molar-refractivity contribution in [1.29, 1.82) is 0 Å². The Morgan fingerprint density at radius 2 is 2.18 bits per heavy atom. The first kappa shape index (κ1) is 8.53. The highest BCUT2D eigenvalue weighted by atomic mass is 16.2. The SMILES string of the molecule is CCCC(=O)NNC1(C)CC1. The largest absolute Gasteiger partial charge is 0.291 e. The molecule has 0 unspecified atom stereocenters. The van der Waals surface area contributed by atoms with Crippen molar-refractivity contribution in [1.82, 2.24) is 10.9 Å². The molecule has 0 saturated heterocycles. The van der Waals surface area contributed by atoms with Gasteiger partial charge in [-0.1, -0.05) is 6.92 Å². The zero-order valence-corrected chi connectivity index (χ0v) is 7.24. The maximum Gasteiger partial charge on any atom is 0.234 e. The molecule has 0 aromatic rings. The third kappa shape index (κ3) is 2.89. The molecule has 0 heterocycles. The first-order valence-corrected chi connectivity index (χ1v) is 4.22. The van der Waals surface area contributed by atoms with Crippen molar-refractivity contribution in [3.8, 4) is 0 Å². The number of hydrogen-bond acceptors (Lipinski definition) is 2. The average molecular weight is 156 g/mol. The summed E-state index contributed by atoms with van der Waals surface area (Å²) in [5.41, 5.74) is 5.91. The average Bonchev–Trinajstić information content (AvgIpc) is 2.66. The lowest BCUT2D eigenvalue weighted by Gasteiger charge is -2.11. The molecule has 1 rings (SSSR count). The molecule has 1 saturated carbocycles. The van der Waals surface area contributed by atoms with Crippen LogP contribution in [0, 0.1) is 0 Å². The normalized spacial score (nSPS) is 19.5. The number of rotatable bonds is 4. The fourth-order valence-corrected chi connectivity index (χ4v) is 0.823. The fraction of sp³-hybridized carbons (Fsp3) is 0.875. The molecule has 11 heavy (non-hydrogen) atoms. The zero-order chi connectivity index (χ0) is 8.32. The highest BCUT2D eigenvalue weighted by Crippen LogP contribution is 2.33. The van der Waals surface area contributed by atoms with Gasteiger partial charge >= 0.3 is 0 Å². The summed E-state index contributed by atoms with van der Waals surface area (Å²) in [5, 5.41) is 0. The molecule has 1 fully saturated rings. The maximum absolute atomic E-state index is 10.9. The van der Waals surface area contributed by atoms with E-state index in [-0.39, 0.29) is 11.4 Å². The number of nitrogens with one attached hydrogen (secondary N) is 2. The van der Waals surface area contributed by atoms with Gasteiger partial charge in [-0.3, -0.25) is 10.2 Å². The summed E-state index contributed by atoms with van der Waals surface area (Å²) >= 11 is 0. The molecule has 0 aromatic carbocycles. The second-order valence-corrected chi connectivity index (χ2v) is 3.48. The number of carbonyl (C=O) groups excluding carboxylic acids is 1. The Morgan fingerprint density at radius 1 is 1.55 bits per heavy atom. The minimum Gasteiger partial charge on any atom is -0.291 e. The lowest BCUT2D eigenvalue weighted by Crippen LogP contribution is -2.44.